The van der Waals surface area contributed by atoms with Gasteiger partial charge in [0.2, 0.25) is 5.91 Å². The van der Waals surface area contributed by atoms with Gasteiger partial charge in [0, 0.05) is 18.4 Å². The normalized spacial score (nSPS) is 13.2. The molecule has 0 fully saturated rings. The van der Waals surface area contributed by atoms with Crippen molar-refractivity contribution in [2.24, 2.45) is 0 Å². The number of carbonyl (C=O) groups excluding carboxylic acids is 2. The molecule has 0 heterocycles. The van der Waals surface area contributed by atoms with Gasteiger partial charge in [-0.15, -0.1) is 0 Å². The summed E-state index contributed by atoms with van der Waals surface area (Å²) < 4.78 is 92.0. The number of hydrogen-bond donors (Lipinski definition) is 1. The zero-order chi connectivity index (χ0) is 28.3. The molecule has 1 unspecified atom stereocenters. The van der Waals surface area contributed by atoms with Gasteiger partial charge in [-0.2, -0.15) is 26.3 Å². The van der Waals surface area contributed by atoms with Gasteiger partial charge >= 0.3 is 12.4 Å². The smallest absolute Gasteiger partial charge is 0.347 e. The van der Waals surface area contributed by atoms with Crippen LogP contribution in [0.25, 0.3) is 16.8 Å². The first-order valence-electron chi connectivity index (χ1n) is 10.9. The molecule has 3 aromatic carbocycles. The van der Waals surface area contributed by atoms with Crippen molar-refractivity contribution in [3.8, 4) is 0 Å². The number of hydrogen-bond acceptors (Lipinski definition) is 2. The van der Waals surface area contributed by atoms with Crippen LogP contribution < -0.4 is 5.32 Å². The van der Waals surface area contributed by atoms with Gasteiger partial charge in [-0.3, -0.25) is 9.59 Å². The average Bonchev–Trinajstić information content (AvgIpc) is 2.83. The summed E-state index contributed by atoms with van der Waals surface area (Å²) in [6.07, 6.45) is -8.14. The molecule has 202 valence electrons. The Morgan fingerprint density at radius 3 is 2.08 bits per heavy atom. The largest absolute Gasteiger partial charge is 0.405 e. The number of carbonyl (C=O) groups is 2. The Hall–Kier alpha value is -3.11. The van der Waals surface area contributed by atoms with Gasteiger partial charge in [-0.1, -0.05) is 71.8 Å². The molecule has 3 nitrogen and oxygen atoms in total. The molecule has 1 N–H and O–H groups in total. The molecule has 3 aromatic rings. The molecule has 0 radical (unpaired) electrons. The molecule has 0 aliphatic carbocycles. The minimum absolute atomic E-state index is 0.158. The minimum atomic E-state index is -4.76. The zero-order valence-corrected chi connectivity index (χ0v) is 20.7. The number of alkyl halides is 6. The van der Waals surface area contributed by atoms with Crippen LogP contribution in [-0.4, -0.2) is 30.6 Å². The number of benzene rings is 3. The van der Waals surface area contributed by atoms with Crippen LogP contribution in [0.5, 0.6) is 0 Å². The molecule has 1 amide bonds. The lowest BCUT2D eigenvalue weighted by atomic mass is 9.93. The quantitative estimate of drug-likeness (QED) is 0.166. The molecular weight excluding hydrogens is 562 g/mol. The maximum Gasteiger partial charge on any atom is 0.405 e. The van der Waals surface area contributed by atoms with Gasteiger partial charge < -0.3 is 5.32 Å². The van der Waals surface area contributed by atoms with Gasteiger partial charge in [0.1, 0.15) is 6.54 Å². The highest BCUT2D eigenvalue weighted by atomic mass is 35.5. The summed E-state index contributed by atoms with van der Waals surface area (Å²) in [6, 6.07) is 10.8. The molecule has 3 rings (SSSR count). The van der Waals surface area contributed by atoms with Crippen molar-refractivity contribution < 1.29 is 40.3 Å². The zero-order valence-electron chi connectivity index (χ0n) is 19.2. The van der Waals surface area contributed by atoms with Crippen LogP contribution in [0.4, 0.5) is 30.7 Å². The lowest BCUT2D eigenvalue weighted by molar-refractivity contribution is -0.139. The summed E-state index contributed by atoms with van der Waals surface area (Å²) in [5, 5.41) is 1.37. The molecule has 12 heteroatoms. The number of allylic oxidation sites excluding steroid dienone is 1. The number of halogens is 9. The third-order valence-corrected chi connectivity index (χ3v) is 6.06. The molecule has 0 aliphatic rings. The van der Waals surface area contributed by atoms with E-state index in [-0.39, 0.29) is 17.5 Å². The Kier molecular flexibility index (Phi) is 9.09. The van der Waals surface area contributed by atoms with Crippen LogP contribution in [0.3, 0.4) is 0 Å². The second kappa shape index (κ2) is 11.7. The first-order valence-corrected chi connectivity index (χ1v) is 11.7. The van der Waals surface area contributed by atoms with Crippen molar-refractivity contribution in [1.29, 1.82) is 0 Å². The first kappa shape index (κ1) is 29.4. The fraction of sp³-hybridized carbons (Fsp3) is 0.231. The number of ketones is 1. The second-order valence-electron chi connectivity index (χ2n) is 8.24. The number of fused-ring (bicyclic) bond motifs is 1. The van der Waals surface area contributed by atoms with Crippen LogP contribution in [0.15, 0.2) is 54.6 Å². The van der Waals surface area contributed by atoms with E-state index >= 15 is 0 Å². The van der Waals surface area contributed by atoms with Crippen LogP contribution in [0.2, 0.25) is 10.0 Å². The SMILES string of the molecule is O=C(CCC(=O)c1ccc(/C=C/C(c2cc(Cl)c(F)c(Cl)c2)C(F)(F)F)c2ccccc12)NCC(F)(F)F. The Balaban J connectivity index is 1.89. The highest BCUT2D eigenvalue weighted by molar-refractivity contribution is 6.35. The standard InChI is InChI=1S/C26H18Cl2F7NO2/c27-20-11-15(12-21(28)24(20)29)19(26(33,34)35)8-6-14-5-7-18(17-4-2-1-3-16(14)17)22(37)9-10-23(38)36-13-25(30,31)32/h1-8,11-12,19H,9-10,13H2,(H,36,38)/b8-6+. The van der Waals surface area contributed by atoms with Gasteiger partial charge in [0.05, 0.1) is 16.0 Å². The third kappa shape index (κ3) is 7.48. The molecule has 0 spiro atoms. The minimum Gasteiger partial charge on any atom is -0.347 e. The van der Waals surface area contributed by atoms with E-state index < -0.39 is 58.8 Å². The van der Waals surface area contributed by atoms with Gasteiger partial charge in [0.15, 0.2) is 11.6 Å². The summed E-state index contributed by atoms with van der Waals surface area (Å²) in [5.41, 5.74) is 0.115. The van der Waals surface area contributed by atoms with Crippen molar-refractivity contribution in [3.05, 3.63) is 87.2 Å². The van der Waals surface area contributed by atoms with E-state index in [1.807, 2.05) is 0 Å². The maximum atomic E-state index is 13.9. The first-order chi connectivity index (χ1) is 17.7. The monoisotopic (exact) mass is 579 g/mol. The van der Waals surface area contributed by atoms with E-state index in [4.69, 9.17) is 23.2 Å². The molecule has 0 bridgehead atoms. The predicted octanol–water partition coefficient (Wildman–Crippen LogP) is 8.29. The third-order valence-electron chi connectivity index (χ3n) is 5.51. The average molecular weight is 580 g/mol. The van der Waals surface area contributed by atoms with E-state index in [0.717, 1.165) is 18.2 Å². The highest BCUT2D eigenvalue weighted by Gasteiger charge is 2.39. The second-order valence-corrected chi connectivity index (χ2v) is 9.05. The molecule has 0 aromatic heterocycles. The summed E-state index contributed by atoms with van der Waals surface area (Å²) >= 11 is 11.4. The predicted molar refractivity (Wildman–Crippen MR) is 131 cm³/mol. The Labute approximate surface area is 222 Å². The van der Waals surface area contributed by atoms with E-state index in [0.29, 0.717) is 16.3 Å². The number of Topliss-reactive ketones (excluding diaryl/α,β-unsaturated/α-hetero) is 1. The molecule has 1 atom stereocenters. The molecule has 0 saturated heterocycles. The maximum absolute atomic E-state index is 13.9. The van der Waals surface area contributed by atoms with Crippen LogP contribution >= 0.6 is 23.2 Å². The van der Waals surface area contributed by atoms with E-state index in [1.165, 1.54) is 18.2 Å². The van der Waals surface area contributed by atoms with Crippen molar-refractivity contribution >= 4 is 51.7 Å². The summed E-state index contributed by atoms with van der Waals surface area (Å²) in [5.74, 6) is -4.68. The Morgan fingerprint density at radius 1 is 0.895 bits per heavy atom. The molecule has 38 heavy (non-hydrogen) atoms. The lowest BCUT2D eigenvalue weighted by Crippen LogP contribution is -2.33. The summed E-state index contributed by atoms with van der Waals surface area (Å²) in [4.78, 5) is 24.4. The summed E-state index contributed by atoms with van der Waals surface area (Å²) in [7, 11) is 0. The van der Waals surface area contributed by atoms with Crippen LogP contribution in [0.1, 0.15) is 40.2 Å². The van der Waals surface area contributed by atoms with Crippen molar-refractivity contribution in [2.45, 2.75) is 31.1 Å². The number of rotatable bonds is 8. The highest BCUT2D eigenvalue weighted by Crippen LogP contribution is 2.39. The van der Waals surface area contributed by atoms with E-state index in [9.17, 15) is 40.3 Å². The molecule has 0 saturated carbocycles. The lowest BCUT2D eigenvalue weighted by Gasteiger charge is -2.18. The van der Waals surface area contributed by atoms with Gasteiger partial charge in [0.25, 0.3) is 0 Å². The fourth-order valence-electron chi connectivity index (χ4n) is 3.72. The van der Waals surface area contributed by atoms with Crippen LogP contribution in [-0.2, 0) is 4.79 Å². The Bertz CT molecular complexity index is 1360. The Morgan fingerprint density at radius 2 is 1.50 bits per heavy atom. The van der Waals surface area contributed by atoms with Crippen molar-refractivity contribution in [3.63, 3.8) is 0 Å². The summed E-state index contributed by atoms with van der Waals surface area (Å²) in [6.45, 7) is -1.51. The van der Waals surface area contributed by atoms with Gasteiger partial charge in [-0.05, 0) is 34.0 Å². The topological polar surface area (TPSA) is 46.2 Å². The van der Waals surface area contributed by atoms with Crippen LogP contribution in [0, 0.1) is 5.82 Å². The van der Waals surface area contributed by atoms with Gasteiger partial charge in [-0.25, -0.2) is 4.39 Å². The molecular formula is C26H18Cl2F7NO2. The number of nitrogens with one attached hydrogen (secondary N) is 1. The number of amides is 1. The fourth-order valence-corrected chi connectivity index (χ4v) is 4.23. The van der Waals surface area contributed by atoms with Crippen molar-refractivity contribution in [2.75, 3.05) is 6.54 Å². The van der Waals surface area contributed by atoms with E-state index in [2.05, 4.69) is 0 Å². The van der Waals surface area contributed by atoms with E-state index in [1.54, 1.807) is 29.6 Å². The molecule has 0 aliphatic heterocycles. The van der Waals surface area contributed by atoms with Crippen molar-refractivity contribution in [1.82, 2.24) is 5.32 Å².